The van der Waals surface area contributed by atoms with Gasteiger partial charge in [0.05, 0.1) is 7.11 Å². The van der Waals surface area contributed by atoms with E-state index in [0.717, 1.165) is 57.7 Å². The van der Waals surface area contributed by atoms with Gasteiger partial charge in [-0.1, -0.05) is 6.07 Å². The van der Waals surface area contributed by atoms with Gasteiger partial charge >= 0.3 is 0 Å². The van der Waals surface area contributed by atoms with E-state index >= 15 is 0 Å². The van der Waals surface area contributed by atoms with Gasteiger partial charge in [-0.3, -0.25) is 0 Å². The van der Waals surface area contributed by atoms with Crippen LogP contribution in [0.5, 0.6) is 11.5 Å². The van der Waals surface area contributed by atoms with E-state index in [2.05, 4.69) is 27.8 Å². The van der Waals surface area contributed by atoms with Gasteiger partial charge in [-0.2, -0.15) is 0 Å². The molecule has 0 radical (unpaired) electrons. The average Bonchev–Trinajstić information content (AvgIpc) is 2.51. The largest absolute Gasteiger partial charge is 0.504 e. The normalized spacial score (nSPS) is 16.9. The molecular formula is C18H31N3O2. The zero-order chi connectivity index (χ0) is 16.8. The quantitative estimate of drug-likeness (QED) is 0.827. The van der Waals surface area contributed by atoms with Gasteiger partial charge in [-0.25, -0.2) is 0 Å². The monoisotopic (exact) mass is 321 g/mol. The summed E-state index contributed by atoms with van der Waals surface area (Å²) in [4.78, 5) is 7.01. The number of hydrogen-bond donors (Lipinski definition) is 1. The predicted molar refractivity (Wildman–Crippen MR) is 94.3 cm³/mol. The molecule has 23 heavy (non-hydrogen) atoms. The highest BCUT2D eigenvalue weighted by Crippen LogP contribution is 2.32. The highest BCUT2D eigenvalue weighted by atomic mass is 16.5. The molecule has 1 aromatic carbocycles. The van der Waals surface area contributed by atoms with Crippen molar-refractivity contribution in [3.8, 4) is 11.5 Å². The molecule has 0 aliphatic carbocycles. The predicted octanol–water partition coefficient (Wildman–Crippen LogP) is 1.64. The van der Waals surface area contributed by atoms with Crippen molar-refractivity contribution in [1.82, 2.24) is 14.7 Å². The summed E-state index contributed by atoms with van der Waals surface area (Å²) >= 11 is 0. The van der Waals surface area contributed by atoms with Crippen LogP contribution < -0.4 is 4.74 Å². The zero-order valence-electron chi connectivity index (χ0n) is 15.0. The van der Waals surface area contributed by atoms with E-state index in [1.807, 2.05) is 20.2 Å². The van der Waals surface area contributed by atoms with Crippen LogP contribution in [0, 0.1) is 0 Å². The molecule has 0 saturated carbocycles. The van der Waals surface area contributed by atoms with Crippen molar-refractivity contribution in [2.24, 2.45) is 0 Å². The summed E-state index contributed by atoms with van der Waals surface area (Å²) in [6.45, 7) is 6.53. The molecule has 130 valence electrons. The third-order valence-electron chi connectivity index (χ3n) is 4.45. The molecule has 0 aromatic heterocycles. The van der Waals surface area contributed by atoms with Gasteiger partial charge in [0.15, 0.2) is 11.5 Å². The van der Waals surface area contributed by atoms with Gasteiger partial charge in [0, 0.05) is 32.7 Å². The second-order valence-electron chi connectivity index (χ2n) is 6.79. The molecule has 5 nitrogen and oxygen atoms in total. The number of benzene rings is 1. The second-order valence-corrected chi connectivity index (χ2v) is 6.79. The SMILES string of the molecule is COc1cc(CN(C)C)cc(CCCN2CCN(C)CC2)c1O. The molecule has 1 aliphatic rings. The summed E-state index contributed by atoms with van der Waals surface area (Å²) in [6.07, 6.45) is 1.95. The van der Waals surface area contributed by atoms with Crippen LogP contribution in [0.25, 0.3) is 0 Å². The molecule has 0 spiro atoms. The first-order valence-electron chi connectivity index (χ1n) is 8.44. The fourth-order valence-corrected chi connectivity index (χ4v) is 3.10. The lowest BCUT2D eigenvalue weighted by atomic mass is 10.0. The molecule has 2 rings (SSSR count). The third kappa shape index (κ3) is 5.37. The van der Waals surface area contributed by atoms with Crippen LogP contribution in [0.4, 0.5) is 0 Å². The number of likely N-dealkylation sites (N-methyl/N-ethyl adjacent to an activating group) is 1. The summed E-state index contributed by atoms with van der Waals surface area (Å²) in [5.41, 5.74) is 2.18. The minimum absolute atomic E-state index is 0.299. The van der Waals surface area contributed by atoms with Crippen LogP contribution in [0.1, 0.15) is 17.5 Å². The molecule has 0 amide bonds. The highest BCUT2D eigenvalue weighted by Gasteiger charge is 2.15. The number of phenolic OH excluding ortho intramolecular Hbond substituents is 1. The van der Waals surface area contributed by atoms with E-state index in [9.17, 15) is 5.11 Å². The number of aromatic hydroxyl groups is 1. The van der Waals surface area contributed by atoms with Crippen LogP contribution in [-0.2, 0) is 13.0 Å². The average molecular weight is 321 g/mol. The summed E-state index contributed by atoms with van der Waals surface area (Å²) in [6, 6.07) is 4.04. The van der Waals surface area contributed by atoms with E-state index in [-0.39, 0.29) is 0 Å². The molecule has 1 N–H and O–H groups in total. The molecular weight excluding hydrogens is 290 g/mol. The van der Waals surface area contributed by atoms with Crippen LogP contribution >= 0.6 is 0 Å². The number of piperazine rings is 1. The first-order chi connectivity index (χ1) is 11.0. The van der Waals surface area contributed by atoms with Crippen molar-refractivity contribution >= 4 is 0 Å². The molecule has 1 heterocycles. The van der Waals surface area contributed by atoms with E-state index in [0.29, 0.717) is 11.5 Å². The Bertz CT molecular complexity index is 497. The topological polar surface area (TPSA) is 39.2 Å². The third-order valence-corrected chi connectivity index (χ3v) is 4.45. The van der Waals surface area contributed by atoms with Crippen molar-refractivity contribution in [3.05, 3.63) is 23.3 Å². The molecule has 5 heteroatoms. The molecule has 1 aliphatic heterocycles. The number of methoxy groups -OCH3 is 1. The van der Waals surface area contributed by atoms with Gasteiger partial charge in [0.25, 0.3) is 0 Å². The molecule has 0 bridgehead atoms. The fraction of sp³-hybridized carbons (Fsp3) is 0.667. The van der Waals surface area contributed by atoms with Crippen molar-refractivity contribution < 1.29 is 9.84 Å². The Morgan fingerprint density at radius 1 is 1.17 bits per heavy atom. The minimum atomic E-state index is 0.299. The maximum absolute atomic E-state index is 10.4. The maximum Gasteiger partial charge on any atom is 0.161 e. The van der Waals surface area contributed by atoms with E-state index in [1.54, 1.807) is 7.11 Å². The molecule has 1 fully saturated rings. The van der Waals surface area contributed by atoms with Crippen molar-refractivity contribution in [2.45, 2.75) is 19.4 Å². The summed E-state index contributed by atoms with van der Waals surface area (Å²) in [5, 5.41) is 10.4. The van der Waals surface area contributed by atoms with Crippen molar-refractivity contribution in [1.29, 1.82) is 0 Å². The van der Waals surface area contributed by atoms with Crippen LogP contribution in [0.2, 0.25) is 0 Å². The highest BCUT2D eigenvalue weighted by molar-refractivity contribution is 5.48. The van der Waals surface area contributed by atoms with Gasteiger partial charge in [0.1, 0.15) is 0 Å². The minimum Gasteiger partial charge on any atom is -0.504 e. The number of nitrogens with zero attached hydrogens (tertiary/aromatic N) is 3. The second kappa shape index (κ2) is 8.52. The van der Waals surface area contributed by atoms with Crippen LogP contribution in [0.15, 0.2) is 12.1 Å². The first kappa shape index (κ1) is 18.0. The zero-order valence-corrected chi connectivity index (χ0v) is 15.0. The van der Waals surface area contributed by atoms with E-state index in [1.165, 1.54) is 5.56 Å². The summed E-state index contributed by atoms with van der Waals surface area (Å²) in [5.74, 6) is 0.882. The number of phenols is 1. The first-order valence-corrected chi connectivity index (χ1v) is 8.44. The van der Waals surface area contributed by atoms with Gasteiger partial charge in [-0.05, 0) is 57.7 Å². The molecule has 1 saturated heterocycles. The number of rotatable bonds is 7. The summed E-state index contributed by atoms with van der Waals surface area (Å²) < 4.78 is 5.33. The number of hydrogen-bond acceptors (Lipinski definition) is 5. The Hall–Kier alpha value is -1.30. The Morgan fingerprint density at radius 3 is 2.48 bits per heavy atom. The maximum atomic E-state index is 10.4. The van der Waals surface area contributed by atoms with Crippen molar-refractivity contribution in [2.75, 3.05) is 61.0 Å². The number of aryl methyl sites for hydroxylation is 1. The lowest BCUT2D eigenvalue weighted by Crippen LogP contribution is -2.44. The van der Waals surface area contributed by atoms with E-state index < -0.39 is 0 Å². The Labute approximate surface area is 140 Å². The Balaban J connectivity index is 1.95. The molecule has 0 unspecified atom stereocenters. The smallest absolute Gasteiger partial charge is 0.161 e. The lowest BCUT2D eigenvalue weighted by molar-refractivity contribution is 0.153. The van der Waals surface area contributed by atoms with Gasteiger partial charge < -0.3 is 24.5 Å². The molecule has 1 aromatic rings. The van der Waals surface area contributed by atoms with Gasteiger partial charge in [-0.15, -0.1) is 0 Å². The standard InChI is InChI=1S/C18H31N3O2/c1-19(2)14-15-12-16(18(22)17(13-15)23-4)6-5-7-21-10-8-20(3)9-11-21/h12-13,22H,5-11,14H2,1-4H3. The molecule has 0 atom stereocenters. The summed E-state index contributed by atoms with van der Waals surface area (Å²) in [7, 11) is 7.89. The lowest BCUT2D eigenvalue weighted by Gasteiger charge is -2.32. The van der Waals surface area contributed by atoms with Crippen LogP contribution in [-0.4, -0.2) is 80.8 Å². The Kier molecular flexibility index (Phi) is 6.69. The Morgan fingerprint density at radius 2 is 1.87 bits per heavy atom. The fourth-order valence-electron chi connectivity index (χ4n) is 3.10. The van der Waals surface area contributed by atoms with Crippen molar-refractivity contribution in [3.63, 3.8) is 0 Å². The number of ether oxygens (including phenoxy) is 1. The van der Waals surface area contributed by atoms with Gasteiger partial charge in [0.2, 0.25) is 0 Å². The van der Waals surface area contributed by atoms with Crippen LogP contribution in [0.3, 0.4) is 0 Å². The van der Waals surface area contributed by atoms with E-state index in [4.69, 9.17) is 4.74 Å².